The first-order chi connectivity index (χ1) is 9.40. The third-order valence-corrected chi connectivity index (χ3v) is 5.47. The predicted molar refractivity (Wildman–Crippen MR) is 74.5 cm³/mol. The third kappa shape index (κ3) is 1.83. The Bertz CT molecular complexity index is 470. The maximum absolute atomic E-state index is 5.86. The summed E-state index contributed by atoms with van der Waals surface area (Å²) >= 11 is 0. The zero-order valence-electron chi connectivity index (χ0n) is 11.2. The molecule has 1 aliphatic heterocycles. The number of hydrogen-bond acceptors (Lipinski definition) is 3. The number of hydrazine groups is 1. The van der Waals surface area contributed by atoms with Crippen molar-refractivity contribution in [2.45, 2.75) is 31.2 Å². The summed E-state index contributed by atoms with van der Waals surface area (Å²) in [4.78, 5) is 0. The van der Waals surface area contributed by atoms with Crippen LogP contribution in [0, 0.1) is 17.8 Å². The van der Waals surface area contributed by atoms with Crippen LogP contribution in [0.15, 0.2) is 24.3 Å². The van der Waals surface area contributed by atoms with E-state index in [9.17, 15) is 0 Å². The Morgan fingerprint density at radius 1 is 1.26 bits per heavy atom. The summed E-state index contributed by atoms with van der Waals surface area (Å²) in [7, 11) is 0. The first-order valence-electron chi connectivity index (χ1n) is 7.52. The van der Waals surface area contributed by atoms with Crippen molar-refractivity contribution < 1.29 is 4.74 Å². The van der Waals surface area contributed by atoms with Gasteiger partial charge in [0.1, 0.15) is 0 Å². The normalized spacial score (nSPS) is 37.5. The predicted octanol–water partition coefficient (Wildman–Crippen LogP) is 1.83. The first-order valence-corrected chi connectivity index (χ1v) is 7.52. The zero-order chi connectivity index (χ0) is 12.8. The molecule has 3 nitrogen and oxygen atoms in total. The standard InChI is InChI=1S/C16H22N2O/c17-18-16(11-7-8-19-9-11)15-13-6-5-10-3-1-2-4-12(10)14(13)15/h1-4,11,13-16,18H,5-9,17H2. The van der Waals surface area contributed by atoms with Crippen molar-refractivity contribution in [3.05, 3.63) is 35.4 Å². The Labute approximate surface area is 114 Å². The number of hydrogen-bond donors (Lipinski definition) is 2. The van der Waals surface area contributed by atoms with Gasteiger partial charge in [-0.05, 0) is 48.1 Å². The van der Waals surface area contributed by atoms with Crippen LogP contribution in [0.1, 0.15) is 29.9 Å². The smallest absolute Gasteiger partial charge is 0.0510 e. The number of nitrogens with one attached hydrogen (secondary N) is 1. The highest BCUT2D eigenvalue weighted by atomic mass is 16.5. The minimum atomic E-state index is 0.434. The Kier molecular flexibility index (Phi) is 2.87. The molecule has 1 saturated carbocycles. The highest BCUT2D eigenvalue weighted by molar-refractivity contribution is 5.40. The van der Waals surface area contributed by atoms with E-state index in [0.717, 1.165) is 37.4 Å². The third-order valence-electron chi connectivity index (χ3n) is 5.47. The van der Waals surface area contributed by atoms with Gasteiger partial charge in [-0.15, -0.1) is 0 Å². The Morgan fingerprint density at radius 3 is 2.95 bits per heavy atom. The van der Waals surface area contributed by atoms with Gasteiger partial charge in [0.25, 0.3) is 0 Å². The number of rotatable bonds is 3. The molecule has 0 radical (unpaired) electrons. The van der Waals surface area contributed by atoms with Crippen molar-refractivity contribution in [1.82, 2.24) is 5.43 Å². The molecule has 1 aromatic carbocycles. The Balaban J connectivity index is 1.58. The second kappa shape index (κ2) is 4.58. The maximum Gasteiger partial charge on any atom is 0.0510 e. The van der Waals surface area contributed by atoms with Gasteiger partial charge in [0.05, 0.1) is 6.61 Å². The van der Waals surface area contributed by atoms with Crippen LogP contribution in [0.2, 0.25) is 0 Å². The van der Waals surface area contributed by atoms with Crippen LogP contribution >= 0.6 is 0 Å². The van der Waals surface area contributed by atoms with Crippen LogP contribution in [0.25, 0.3) is 0 Å². The molecule has 1 saturated heterocycles. The number of ether oxygens (including phenoxy) is 1. The molecule has 2 aliphatic carbocycles. The van der Waals surface area contributed by atoms with E-state index in [0.29, 0.717) is 12.0 Å². The summed E-state index contributed by atoms with van der Waals surface area (Å²) in [6.07, 6.45) is 3.73. The van der Waals surface area contributed by atoms with Gasteiger partial charge in [0.2, 0.25) is 0 Å². The summed E-state index contributed by atoms with van der Waals surface area (Å²) in [5.74, 6) is 8.78. The van der Waals surface area contributed by atoms with E-state index in [2.05, 4.69) is 29.7 Å². The van der Waals surface area contributed by atoms with Crippen molar-refractivity contribution in [3.8, 4) is 0 Å². The van der Waals surface area contributed by atoms with Crippen molar-refractivity contribution in [1.29, 1.82) is 0 Å². The summed E-state index contributed by atoms with van der Waals surface area (Å²) < 4.78 is 5.55. The lowest BCUT2D eigenvalue weighted by molar-refractivity contribution is 0.172. The molecule has 0 bridgehead atoms. The molecule has 3 aliphatic rings. The lowest BCUT2D eigenvalue weighted by Gasteiger charge is -2.22. The molecule has 3 N–H and O–H groups in total. The van der Waals surface area contributed by atoms with Crippen LogP contribution in [0.4, 0.5) is 0 Å². The van der Waals surface area contributed by atoms with Gasteiger partial charge in [-0.2, -0.15) is 0 Å². The number of fused-ring (bicyclic) bond motifs is 3. The summed E-state index contributed by atoms with van der Waals surface area (Å²) in [6, 6.07) is 9.40. The molecule has 4 rings (SSSR count). The first kappa shape index (κ1) is 11.9. The van der Waals surface area contributed by atoms with Crippen LogP contribution in [-0.2, 0) is 11.2 Å². The molecular weight excluding hydrogens is 236 g/mol. The van der Waals surface area contributed by atoms with Crippen LogP contribution in [0.3, 0.4) is 0 Å². The van der Waals surface area contributed by atoms with E-state index >= 15 is 0 Å². The number of aryl methyl sites for hydroxylation is 1. The van der Waals surface area contributed by atoms with Crippen LogP contribution in [0.5, 0.6) is 0 Å². The Hall–Kier alpha value is -0.900. The monoisotopic (exact) mass is 258 g/mol. The van der Waals surface area contributed by atoms with E-state index in [1.807, 2.05) is 0 Å². The molecule has 5 atom stereocenters. The quantitative estimate of drug-likeness (QED) is 0.642. The second-order valence-corrected chi connectivity index (χ2v) is 6.32. The molecule has 5 unspecified atom stereocenters. The minimum absolute atomic E-state index is 0.434. The van der Waals surface area contributed by atoms with Crippen molar-refractivity contribution >= 4 is 0 Å². The summed E-state index contributed by atoms with van der Waals surface area (Å²) in [6.45, 7) is 1.79. The maximum atomic E-state index is 5.86. The fourth-order valence-corrected chi connectivity index (χ4v) is 4.51. The highest BCUT2D eigenvalue weighted by Gasteiger charge is 2.57. The second-order valence-electron chi connectivity index (χ2n) is 6.32. The lowest BCUT2D eigenvalue weighted by atomic mass is 9.91. The van der Waals surface area contributed by atoms with Gasteiger partial charge in [-0.1, -0.05) is 24.3 Å². The summed E-state index contributed by atoms with van der Waals surface area (Å²) in [5.41, 5.74) is 6.26. The van der Waals surface area contributed by atoms with Gasteiger partial charge in [0, 0.05) is 18.6 Å². The van der Waals surface area contributed by atoms with Gasteiger partial charge in [0.15, 0.2) is 0 Å². The largest absolute Gasteiger partial charge is 0.381 e. The van der Waals surface area contributed by atoms with E-state index < -0.39 is 0 Å². The molecule has 0 spiro atoms. The number of benzene rings is 1. The van der Waals surface area contributed by atoms with Crippen molar-refractivity contribution in [2.24, 2.45) is 23.6 Å². The lowest BCUT2D eigenvalue weighted by Crippen LogP contribution is -2.43. The van der Waals surface area contributed by atoms with E-state index in [-0.39, 0.29) is 0 Å². The molecule has 0 amide bonds. The SMILES string of the molecule is NNC(C1CCOC1)C1C2CCc3ccccc3C21. The average Bonchev–Trinajstić information content (AvgIpc) is 2.92. The zero-order valence-corrected chi connectivity index (χ0v) is 11.2. The van der Waals surface area contributed by atoms with E-state index in [1.54, 1.807) is 11.1 Å². The molecule has 3 heteroatoms. The number of nitrogens with two attached hydrogens (primary N) is 1. The molecule has 1 heterocycles. The molecule has 0 aromatic heterocycles. The fraction of sp³-hybridized carbons (Fsp3) is 0.625. The average molecular weight is 258 g/mol. The topological polar surface area (TPSA) is 47.3 Å². The van der Waals surface area contributed by atoms with Crippen LogP contribution in [-0.4, -0.2) is 19.3 Å². The van der Waals surface area contributed by atoms with Gasteiger partial charge in [-0.25, -0.2) is 0 Å². The highest BCUT2D eigenvalue weighted by Crippen LogP contribution is 2.62. The molecule has 1 aromatic rings. The summed E-state index contributed by atoms with van der Waals surface area (Å²) in [5, 5.41) is 0. The molecule has 2 fully saturated rings. The van der Waals surface area contributed by atoms with Crippen LogP contribution < -0.4 is 11.3 Å². The molecule has 102 valence electrons. The minimum Gasteiger partial charge on any atom is -0.381 e. The van der Waals surface area contributed by atoms with Crippen molar-refractivity contribution in [2.75, 3.05) is 13.2 Å². The van der Waals surface area contributed by atoms with Gasteiger partial charge in [-0.3, -0.25) is 11.3 Å². The molecule has 19 heavy (non-hydrogen) atoms. The van der Waals surface area contributed by atoms with Gasteiger partial charge >= 0.3 is 0 Å². The Morgan fingerprint density at radius 2 is 2.16 bits per heavy atom. The molecular formula is C16H22N2O. The van der Waals surface area contributed by atoms with Crippen molar-refractivity contribution in [3.63, 3.8) is 0 Å². The fourth-order valence-electron chi connectivity index (χ4n) is 4.51. The van der Waals surface area contributed by atoms with Gasteiger partial charge < -0.3 is 4.74 Å². The van der Waals surface area contributed by atoms with E-state index in [1.165, 1.54) is 12.8 Å². The van der Waals surface area contributed by atoms with E-state index in [4.69, 9.17) is 10.6 Å².